The molecule has 0 unspecified atom stereocenters. The van der Waals surface area contributed by atoms with Crippen LogP contribution in [0.25, 0.3) is 11.2 Å². The molecule has 0 amide bonds. The molecular weight excluding hydrogens is 297 g/mol. The largest absolute Gasteiger partial charge is 0.365 e. The number of hydrogen-bond acceptors (Lipinski definition) is 5. The Hall–Kier alpha value is -1.81. The van der Waals surface area contributed by atoms with E-state index in [1.54, 1.807) is 12.7 Å². The normalized spacial score (nSPS) is 16.7. The molecule has 2 aromatic heterocycles. The predicted molar refractivity (Wildman–Crippen MR) is 87.4 cm³/mol. The molecule has 0 aromatic carbocycles. The van der Waals surface area contributed by atoms with Gasteiger partial charge in [0.05, 0.1) is 6.33 Å². The first kappa shape index (κ1) is 15.1. The number of hydrogen-bond donors (Lipinski definition) is 1. The van der Waals surface area contributed by atoms with Gasteiger partial charge in [0, 0.05) is 18.7 Å². The van der Waals surface area contributed by atoms with Gasteiger partial charge in [-0.15, -0.1) is 0 Å². The third kappa shape index (κ3) is 3.50. The first-order valence-corrected chi connectivity index (χ1v) is 8.74. The summed E-state index contributed by atoms with van der Waals surface area (Å²) in [5.41, 5.74) is 1.65. The zero-order chi connectivity index (χ0) is 15.2. The first-order valence-electron chi connectivity index (χ1n) is 7.75. The van der Waals surface area contributed by atoms with Crippen LogP contribution < -0.4 is 5.32 Å². The zero-order valence-corrected chi connectivity index (χ0v) is 13.4. The molecule has 0 atom stereocenters. The highest BCUT2D eigenvalue weighted by atomic mass is 31.1. The minimum absolute atomic E-state index is 0.142. The van der Waals surface area contributed by atoms with E-state index in [9.17, 15) is 4.57 Å². The van der Waals surface area contributed by atoms with Crippen LogP contribution >= 0.6 is 8.46 Å². The number of nitrogens with one attached hydrogen (secondary N) is 1. The minimum Gasteiger partial charge on any atom is -0.365 e. The molecule has 7 heteroatoms. The second kappa shape index (κ2) is 7.45. The van der Waals surface area contributed by atoms with E-state index in [-0.39, 0.29) is 8.46 Å². The molecule has 1 saturated carbocycles. The number of anilines is 1. The molecule has 116 valence electrons. The van der Waals surface area contributed by atoms with Gasteiger partial charge >= 0.3 is 0 Å². The monoisotopic (exact) mass is 317 g/mol. The fourth-order valence-corrected chi connectivity index (χ4v) is 3.10. The van der Waals surface area contributed by atoms with Gasteiger partial charge < -0.3 is 9.88 Å². The second-order valence-electron chi connectivity index (χ2n) is 5.55. The van der Waals surface area contributed by atoms with Crippen molar-refractivity contribution in [3.8, 4) is 0 Å². The van der Waals surface area contributed by atoms with E-state index in [4.69, 9.17) is 0 Å². The first-order chi connectivity index (χ1) is 10.9. The van der Waals surface area contributed by atoms with Crippen LogP contribution in [0.5, 0.6) is 0 Å². The van der Waals surface area contributed by atoms with Crippen molar-refractivity contribution in [3.63, 3.8) is 0 Å². The highest BCUT2D eigenvalue weighted by molar-refractivity contribution is 7.23. The molecule has 3 rings (SSSR count). The fraction of sp³-hybridized carbons (Fsp3) is 0.533. The summed E-state index contributed by atoms with van der Waals surface area (Å²) in [5, 5.41) is 3.53. The fourth-order valence-electron chi connectivity index (χ4n) is 2.87. The molecule has 2 aromatic rings. The van der Waals surface area contributed by atoms with E-state index < -0.39 is 0 Å². The summed E-state index contributed by atoms with van der Waals surface area (Å²) in [4.78, 5) is 13.2. The Kier molecular flexibility index (Phi) is 5.11. The van der Waals surface area contributed by atoms with Gasteiger partial charge in [0.2, 0.25) is 0 Å². The summed E-state index contributed by atoms with van der Waals surface area (Å²) < 4.78 is 12.4. The van der Waals surface area contributed by atoms with Crippen molar-refractivity contribution >= 4 is 25.4 Å². The van der Waals surface area contributed by atoms with Crippen LogP contribution in [0.1, 0.15) is 32.1 Å². The predicted octanol–water partition coefficient (Wildman–Crippen LogP) is 3.42. The summed E-state index contributed by atoms with van der Waals surface area (Å²) in [6, 6.07) is 0.493. The number of nitrogens with zero attached hydrogens (tertiary/aromatic N) is 4. The molecule has 1 aliphatic carbocycles. The van der Waals surface area contributed by atoms with Gasteiger partial charge in [-0.1, -0.05) is 31.4 Å². The van der Waals surface area contributed by atoms with Crippen LogP contribution in [0, 0.1) is 0 Å². The van der Waals surface area contributed by atoms with Crippen LogP contribution in [-0.2, 0) is 11.1 Å². The van der Waals surface area contributed by atoms with Crippen molar-refractivity contribution in [2.24, 2.45) is 0 Å². The number of imidazole rings is 1. The Morgan fingerprint density at radius 2 is 2.09 bits per heavy atom. The molecule has 1 aliphatic rings. The smallest absolute Gasteiger partial charge is 0.165 e. The van der Waals surface area contributed by atoms with E-state index in [0.29, 0.717) is 18.7 Å². The zero-order valence-electron chi connectivity index (χ0n) is 12.5. The molecule has 0 bridgehead atoms. The van der Waals surface area contributed by atoms with Crippen molar-refractivity contribution in [2.75, 3.05) is 11.5 Å². The van der Waals surface area contributed by atoms with Crippen molar-refractivity contribution in [1.29, 1.82) is 0 Å². The number of allylic oxidation sites excluding steroid dienone is 2. The van der Waals surface area contributed by atoms with Crippen LogP contribution in [0.15, 0.2) is 24.8 Å². The van der Waals surface area contributed by atoms with E-state index >= 15 is 0 Å². The summed E-state index contributed by atoms with van der Waals surface area (Å²) in [6.07, 6.45) is 14.1. The molecule has 1 N–H and O–H groups in total. The molecular formula is C15H20N5OP. The van der Waals surface area contributed by atoms with Gasteiger partial charge in [-0.3, -0.25) is 4.57 Å². The molecule has 1 fully saturated rings. The van der Waals surface area contributed by atoms with Gasteiger partial charge in [0.15, 0.2) is 19.9 Å². The second-order valence-corrected chi connectivity index (χ2v) is 6.18. The Morgan fingerprint density at radius 3 is 2.91 bits per heavy atom. The summed E-state index contributed by atoms with van der Waals surface area (Å²) >= 11 is 0. The Balaban J connectivity index is 1.77. The lowest BCUT2D eigenvalue weighted by molar-refractivity contribution is 0.462. The standard InChI is InChI=1S/C15H20N5OP/c21-22-9-5-4-8-20-11-18-13-14(16-10-17-15(13)20)19-12-6-2-1-3-7-12/h4-5,10-12H,1-3,6-9H2,(H,16,17,19). The number of fused-ring (bicyclic) bond motifs is 1. The lowest BCUT2D eigenvalue weighted by Gasteiger charge is -2.23. The molecule has 0 spiro atoms. The number of rotatable bonds is 6. The maximum absolute atomic E-state index is 10.4. The molecule has 22 heavy (non-hydrogen) atoms. The lowest BCUT2D eigenvalue weighted by Crippen LogP contribution is -2.23. The SMILES string of the molecule is O=PCC=CCn1cnc2c(NC3CCCCC3)ncnc21. The summed E-state index contributed by atoms with van der Waals surface area (Å²) in [5.74, 6) is 0.831. The van der Waals surface area contributed by atoms with Crippen molar-refractivity contribution in [2.45, 2.75) is 44.7 Å². The quantitative estimate of drug-likeness (QED) is 0.653. The van der Waals surface area contributed by atoms with Crippen molar-refractivity contribution < 1.29 is 4.57 Å². The highest BCUT2D eigenvalue weighted by Crippen LogP contribution is 2.24. The van der Waals surface area contributed by atoms with E-state index in [0.717, 1.165) is 17.0 Å². The highest BCUT2D eigenvalue weighted by Gasteiger charge is 2.16. The maximum atomic E-state index is 10.4. The Morgan fingerprint density at radius 1 is 1.23 bits per heavy atom. The Labute approximate surface area is 131 Å². The summed E-state index contributed by atoms with van der Waals surface area (Å²) in [7, 11) is 0.142. The lowest BCUT2D eigenvalue weighted by atomic mass is 9.95. The van der Waals surface area contributed by atoms with Crippen LogP contribution in [0.2, 0.25) is 0 Å². The molecule has 0 saturated heterocycles. The van der Waals surface area contributed by atoms with Gasteiger partial charge in [0.1, 0.15) is 11.8 Å². The third-order valence-electron chi connectivity index (χ3n) is 4.00. The van der Waals surface area contributed by atoms with E-state index in [1.807, 2.05) is 16.7 Å². The van der Waals surface area contributed by atoms with Gasteiger partial charge in [-0.05, 0) is 12.8 Å². The van der Waals surface area contributed by atoms with E-state index in [2.05, 4.69) is 20.3 Å². The van der Waals surface area contributed by atoms with Crippen LogP contribution in [0.4, 0.5) is 5.82 Å². The van der Waals surface area contributed by atoms with Gasteiger partial charge in [-0.25, -0.2) is 15.0 Å². The van der Waals surface area contributed by atoms with Crippen molar-refractivity contribution in [3.05, 3.63) is 24.8 Å². The average Bonchev–Trinajstić information content (AvgIpc) is 2.97. The average molecular weight is 317 g/mol. The van der Waals surface area contributed by atoms with Crippen LogP contribution in [-0.4, -0.2) is 31.7 Å². The molecule has 6 nitrogen and oxygen atoms in total. The minimum atomic E-state index is 0.142. The van der Waals surface area contributed by atoms with Gasteiger partial charge in [-0.2, -0.15) is 0 Å². The number of aromatic nitrogens is 4. The molecule has 0 aliphatic heterocycles. The molecule has 0 radical (unpaired) electrons. The third-order valence-corrected chi connectivity index (χ3v) is 4.36. The maximum Gasteiger partial charge on any atom is 0.165 e. The van der Waals surface area contributed by atoms with E-state index in [1.165, 1.54) is 32.1 Å². The topological polar surface area (TPSA) is 72.7 Å². The molecule has 2 heterocycles. The van der Waals surface area contributed by atoms with Gasteiger partial charge in [0.25, 0.3) is 0 Å². The van der Waals surface area contributed by atoms with Crippen molar-refractivity contribution in [1.82, 2.24) is 19.5 Å². The summed E-state index contributed by atoms with van der Waals surface area (Å²) in [6.45, 7) is 0.673. The Bertz CT molecular complexity index is 663. The van der Waals surface area contributed by atoms with Crippen LogP contribution in [0.3, 0.4) is 0 Å².